The molecule has 0 fully saturated rings. The SMILES string of the molecule is CCOC(=O)CCCOc1ccc2c(c1OCC)CC(N)C2. The van der Waals surface area contributed by atoms with Crippen LogP contribution in [0.15, 0.2) is 12.1 Å². The fraction of sp³-hybridized carbons (Fsp3) is 0.588. The van der Waals surface area contributed by atoms with Crippen molar-refractivity contribution < 1.29 is 19.0 Å². The highest BCUT2D eigenvalue weighted by Gasteiger charge is 2.24. The van der Waals surface area contributed by atoms with Gasteiger partial charge >= 0.3 is 5.97 Å². The lowest BCUT2D eigenvalue weighted by atomic mass is 10.1. The van der Waals surface area contributed by atoms with E-state index in [4.69, 9.17) is 19.9 Å². The van der Waals surface area contributed by atoms with E-state index in [9.17, 15) is 4.79 Å². The molecule has 1 aliphatic rings. The van der Waals surface area contributed by atoms with Gasteiger partial charge in [0.2, 0.25) is 0 Å². The molecule has 0 amide bonds. The number of carbonyl (C=O) groups is 1. The third kappa shape index (κ3) is 4.13. The monoisotopic (exact) mass is 307 g/mol. The molecular formula is C17H25NO4. The summed E-state index contributed by atoms with van der Waals surface area (Å²) in [7, 11) is 0. The van der Waals surface area contributed by atoms with Crippen molar-refractivity contribution in [1.82, 2.24) is 0 Å². The molecule has 0 saturated heterocycles. The molecule has 2 rings (SSSR count). The number of carbonyl (C=O) groups excluding carboxylic acids is 1. The number of hydrogen-bond acceptors (Lipinski definition) is 5. The molecule has 5 nitrogen and oxygen atoms in total. The van der Waals surface area contributed by atoms with E-state index in [1.54, 1.807) is 6.92 Å². The third-order valence-corrected chi connectivity index (χ3v) is 3.65. The molecule has 1 atom stereocenters. The Bertz CT molecular complexity index is 516. The topological polar surface area (TPSA) is 70.8 Å². The molecule has 122 valence electrons. The van der Waals surface area contributed by atoms with Gasteiger partial charge in [0.25, 0.3) is 0 Å². The summed E-state index contributed by atoms with van der Waals surface area (Å²) in [6.07, 6.45) is 2.71. The van der Waals surface area contributed by atoms with Crippen molar-refractivity contribution in [3.8, 4) is 11.5 Å². The van der Waals surface area contributed by atoms with E-state index in [-0.39, 0.29) is 12.0 Å². The Hall–Kier alpha value is -1.75. The summed E-state index contributed by atoms with van der Waals surface area (Å²) in [5.41, 5.74) is 8.45. The van der Waals surface area contributed by atoms with Gasteiger partial charge in [-0.1, -0.05) is 6.07 Å². The van der Waals surface area contributed by atoms with E-state index in [0.29, 0.717) is 32.7 Å². The zero-order chi connectivity index (χ0) is 15.9. The molecule has 2 N–H and O–H groups in total. The summed E-state index contributed by atoms with van der Waals surface area (Å²) in [6.45, 7) is 5.23. The second kappa shape index (κ2) is 8.03. The zero-order valence-electron chi connectivity index (χ0n) is 13.4. The van der Waals surface area contributed by atoms with Crippen molar-refractivity contribution in [2.75, 3.05) is 19.8 Å². The van der Waals surface area contributed by atoms with Crippen molar-refractivity contribution in [2.45, 2.75) is 45.6 Å². The van der Waals surface area contributed by atoms with E-state index >= 15 is 0 Å². The number of hydrogen-bond donors (Lipinski definition) is 1. The van der Waals surface area contributed by atoms with Crippen LogP contribution in [0.4, 0.5) is 0 Å². The Morgan fingerprint density at radius 2 is 2.05 bits per heavy atom. The summed E-state index contributed by atoms with van der Waals surface area (Å²) in [5.74, 6) is 1.36. The maximum Gasteiger partial charge on any atom is 0.305 e. The van der Waals surface area contributed by atoms with Gasteiger partial charge in [0.15, 0.2) is 11.5 Å². The predicted octanol–water partition coefficient (Wildman–Crippen LogP) is 2.23. The molecule has 0 spiro atoms. The van der Waals surface area contributed by atoms with Crippen LogP contribution in [-0.2, 0) is 22.4 Å². The van der Waals surface area contributed by atoms with E-state index < -0.39 is 0 Å². The number of benzene rings is 1. The molecule has 1 unspecified atom stereocenters. The first-order chi connectivity index (χ1) is 10.7. The normalized spacial score (nSPS) is 16.2. The van der Waals surface area contributed by atoms with Crippen LogP contribution >= 0.6 is 0 Å². The van der Waals surface area contributed by atoms with Crippen LogP contribution in [-0.4, -0.2) is 31.8 Å². The number of nitrogens with two attached hydrogens (primary N) is 1. The van der Waals surface area contributed by atoms with Crippen molar-refractivity contribution in [3.05, 3.63) is 23.3 Å². The highest BCUT2D eigenvalue weighted by Crippen LogP contribution is 2.38. The Balaban J connectivity index is 1.96. The van der Waals surface area contributed by atoms with Gasteiger partial charge in [-0.2, -0.15) is 0 Å². The maximum atomic E-state index is 11.3. The minimum atomic E-state index is -0.184. The highest BCUT2D eigenvalue weighted by molar-refractivity contribution is 5.69. The van der Waals surface area contributed by atoms with Crippen LogP contribution in [0.5, 0.6) is 11.5 Å². The Morgan fingerprint density at radius 3 is 2.77 bits per heavy atom. The molecule has 0 aliphatic heterocycles. The first-order valence-electron chi connectivity index (χ1n) is 7.97. The van der Waals surface area contributed by atoms with E-state index in [0.717, 1.165) is 29.9 Å². The number of esters is 1. The molecule has 22 heavy (non-hydrogen) atoms. The molecule has 0 saturated carbocycles. The van der Waals surface area contributed by atoms with Crippen LogP contribution in [0.3, 0.4) is 0 Å². The zero-order valence-corrected chi connectivity index (χ0v) is 13.4. The third-order valence-electron chi connectivity index (χ3n) is 3.65. The highest BCUT2D eigenvalue weighted by atomic mass is 16.5. The lowest BCUT2D eigenvalue weighted by Gasteiger charge is -2.15. The molecular weight excluding hydrogens is 282 g/mol. The number of ether oxygens (including phenoxy) is 3. The summed E-state index contributed by atoms with van der Waals surface area (Å²) < 4.78 is 16.5. The minimum Gasteiger partial charge on any atom is -0.490 e. The van der Waals surface area contributed by atoms with Gasteiger partial charge in [0.1, 0.15) is 0 Å². The minimum absolute atomic E-state index is 0.160. The van der Waals surface area contributed by atoms with Crippen LogP contribution in [0.2, 0.25) is 0 Å². The molecule has 5 heteroatoms. The first kappa shape index (κ1) is 16.6. The molecule has 0 bridgehead atoms. The largest absolute Gasteiger partial charge is 0.490 e. The lowest BCUT2D eigenvalue weighted by Crippen LogP contribution is -2.19. The predicted molar refractivity (Wildman–Crippen MR) is 84.4 cm³/mol. The quantitative estimate of drug-likeness (QED) is 0.589. The number of fused-ring (bicyclic) bond motifs is 1. The van der Waals surface area contributed by atoms with Crippen molar-refractivity contribution in [3.63, 3.8) is 0 Å². The van der Waals surface area contributed by atoms with Gasteiger partial charge in [-0.15, -0.1) is 0 Å². The summed E-state index contributed by atoms with van der Waals surface area (Å²) >= 11 is 0. The average Bonchev–Trinajstić information content (AvgIpc) is 2.86. The van der Waals surface area contributed by atoms with Gasteiger partial charge in [-0.3, -0.25) is 4.79 Å². The van der Waals surface area contributed by atoms with Gasteiger partial charge < -0.3 is 19.9 Å². The fourth-order valence-corrected chi connectivity index (χ4v) is 2.73. The van der Waals surface area contributed by atoms with Crippen LogP contribution in [0.1, 0.15) is 37.8 Å². The van der Waals surface area contributed by atoms with E-state index in [1.165, 1.54) is 5.56 Å². The van der Waals surface area contributed by atoms with Crippen molar-refractivity contribution in [2.24, 2.45) is 5.73 Å². The molecule has 1 aromatic rings. The van der Waals surface area contributed by atoms with Crippen molar-refractivity contribution >= 4 is 5.97 Å². The Morgan fingerprint density at radius 1 is 1.23 bits per heavy atom. The molecule has 0 radical (unpaired) electrons. The van der Waals surface area contributed by atoms with Gasteiger partial charge in [0.05, 0.1) is 19.8 Å². The van der Waals surface area contributed by atoms with Crippen molar-refractivity contribution in [1.29, 1.82) is 0 Å². The second-order valence-electron chi connectivity index (χ2n) is 5.39. The lowest BCUT2D eigenvalue weighted by molar-refractivity contribution is -0.143. The van der Waals surface area contributed by atoms with Gasteiger partial charge in [-0.25, -0.2) is 0 Å². The molecule has 1 aliphatic carbocycles. The molecule has 1 aromatic carbocycles. The van der Waals surface area contributed by atoms with Crippen LogP contribution in [0.25, 0.3) is 0 Å². The Kier molecular flexibility index (Phi) is 6.07. The Labute approximate surface area is 131 Å². The van der Waals surface area contributed by atoms with E-state index in [2.05, 4.69) is 6.07 Å². The van der Waals surface area contributed by atoms with Gasteiger partial charge in [0, 0.05) is 18.0 Å². The van der Waals surface area contributed by atoms with E-state index in [1.807, 2.05) is 13.0 Å². The van der Waals surface area contributed by atoms with Crippen LogP contribution < -0.4 is 15.2 Å². The average molecular weight is 307 g/mol. The molecule has 0 aromatic heterocycles. The van der Waals surface area contributed by atoms with Crippen LogP contribution in [0, 0.1) is 0 Å². The second-order valence-corrected chi connectivity index (χ2v) is 5.39. The molecule has 0 heterocycles. The summed E-state index contributed by atoms with van der Waals surface area (Å²) in [5, 5.41) is 0. The number of rotatable bonds is 8. The summed E-state index contributed by atoms with van der Waals surface area (Å²) in [4.78, 5) is 11.3. The fourth-order valence-electron chi connectivity index (χ4n) is 2.73. The standard InChI is InChI=1S/C17H25NO4/c1-3-20-16(19)6-5-9-22-15-8-7-12-10-13(18)11-14(12)17(15)21-4-2/h7-8,13H,3-6,9-11,18H2,1-2H3. The summed E-state index contributed by atoms with van der Waals surface area (Å²) in [6, 6.07) is 4.16. The van der Waals surface area contributed by atoms with Gasteiger partial charge in [-0.05, 0) is 44.7 Å². The maximum absolute atomic E-state index is 11.3. The first-order valence-corrected chi connectivity index (χ1v) is 7.97. The smallest absolute Gasteiger partial charge is 0.305 e.